The molecule has 0 spiro atoms. The lowest BCUT2D eigenvalue weighted by Gasteiger charge is -2.27. The quantitative estimate of drug-likeness (QED) is 0.808. The van der Waals surface area contributed by atoms with E-state index in [1.54, 1.807) is 23.6 Å². The average Bonchev–Trinajstić information content (AvgIpc) is 3.00. The molecule has 1 aliphatic heterocycles. The van der Waals surface area contributed by atoms with Gasteiger partial charge in [0, 0.05) is 24.0 Å². The van der Waals surface area contributed by atoms with E-state index in [-0.39, 0.29) is 5.91 Å². The second-order valence-electron chi connectivity index (χ2n) is 4.97. The fraction of sp³-hybridized carbons (Fsp3) is 0.250. The first-order valence-corrected chi connectivity index (χ1v) is 8.85. The van der Waals surface area contributed by atoms with Crippen molar-refractivity contribution in [3.8, 4) is 0 Å². The molecule has 120 valence electrons. The number of nitrogens with one attached hydrogen (secondary N) is 1. The third-order valence-electron chi connectivity index (χ3n) is 3.34. The fourth-order valence-corrected chi connectivity index (χ4v) is 3.53. The number of hydrogen-bond donors (Lipinski definition) is 1. The van der Waals surface area contributed by atoms with Crippen molar-refractivity contribution < 1.29 is 9.53 Å². The second-order valence-corrected chi connectivity index (χ2v) is 7.46. The van der Waals surface area contributed by atoms with Crippen molar-refractivity contribution in [1.82, 2.24) is 4.98 Å². The number of rotatable bonds is 4. The first kappa shape index (κ1) is 16.2. The minimum atomic E-state index is -0.171. The van der Waals surface area contributed by atoms with Crippen molar-refractivity contribution in [2.75, 3.05) is 36.5 Å². The number of carbonyl (C=O) groups excluding carboxylic acids is 1. The van der Waals surface area contributed by atoms with Crippen LogP contribution in [-0.2, 0) is 9.53 Å². The van der Waals surface area contributed by atoms with E-state index in [1.807, 2.05) is 24.3 Å². The van der Waals surface area contributed by atoms with Crippen molar-refractivity contribution in [3.05, 3.63) is 45.2 Å². The minimum absolute atomic E-state index is 0.171. The van der Waals surface area contributed by atoms with E-state index in [9.17, 15) is 4.79 Å². The first-order valence-electron chi connectivity index (χ1n) is 7.24. The van der Waals surface area contributed by atoms with Gasteiger partial charge in [-0.25, -0.2) is 4.98 Å². The van der Waals surface area contributed by atoms with E-state index >= 15 is 0 Å². The Bertz CT molecular complexity index is 694. The molecule has 0 saturated carbocycles. The van der Waals surface area contributed by atoms with Gasteiger partial charge in [0.1, 0.15) is 5.82 Å². The van der Waals surface area contributed by atoms with E-state index in [2.05, 4.69) is 31.1 Å². The normalized spacial score (nSPS) is 15.1. The summed E-state index contributed by atoms with van der Waals surface area (Å²) in [5, 5.41) is 2.81. The van der Waals surface area contributed by atoms with E-state index < -0.39 is 0 Å². The third-order valence-corrected chi connectivity index (χ3v) is 4.93. The highest BCUT2D eigenvalue weighted by Crippen LogP contribution is 2.23. The van der Waals surface area contributed by atoms with E-state index in [0.29, 0.717) is 5.69 Å². The van der Waals surface area contributed by atoms with E-state index in [4.69, 9.17) is 4.74 Å². The highest BCUT2D eigenvalue weighted by molar-refractivity contribution is 9.11. The number of pyridine rings is 1. The van der Waals surface area contributed by atoms with Crippen LogP contribution >= 0.6 is 27.3 Å². The van der Waals surface area contributed by atoms with Crippen LogP contribution in [0, 0.1) is 0 Å². The number of halogens is 1. The standard InChI is InChI=1S/C16H16BrN3O2S/c17-14-4-2-13(23-14)3-6-16(21)19-12-1-5-15(18-11-12)20-7-9-22-10-8-20/h1-6,11H,7-10H2,(H,19,21)/b6-3+. The number of amides is 1. The molecule has 1 fully saturated rings. The molecule has 7 heteroatoms. The Balaban J connectivity index is 1.57. The molecule has 0 aromatic carbocycles. The summed E-state index contributed by atoms with van der Waals surface area (Å²) in [6.07, 6.45) is 4.99. The number of hydrogen-bond acceptors (Lipinski definition) is 5. The van der Waals surface area contributed by atoms with Crippen molar-refractivity contribution >= 4 is 50.8 Å². The van der Waals surface area contributed by atoms with Gasteiger partial charge in [-0.15, -0.1) is 11.3 Å². The number of anilines is 2. The predicted octanol–water partition coefficient (Wildman–Crippen LogP) is 3.39. The molecule has 3 rings (SSSR count). The van der Waals surface area contributed by atoms with Crippen LogP contribution in [-0.4, -0.2) is 37.2 Å². The minimum Gasteiger partial charge on any atom is -0.378 e. The smallest absolute Gasteiger partial charge is 0.248 e. The molecule has 1 N–H and O–H groups in total. The van der Waals surface area contributed by atoms with Crippen LogP contribution in [0.4, 0.5) is 11.5 Å². The number of thiophene rings is 1. The first-order chi connectivity index (χ1) is 11.2. The number of nitrogens with zero attached hydrogens (tertiary/aromatic N) is 2. The summed E-state index contributed by atoms with van der Waals surface area (Å²) in [5.41, 5.74) is 0.684. The number of ether oxygens (including phenoxy) is 1. The highest BCUT2D eigenvalue weighted by atomic mass is 79.9. The van der Waals surface area contributed by atoms with Crippen molar-refractivity contribution in [2.24, 2.45) is 0 Å². The third kappa shape index (κ3) is 4.63. The molecule has 23 heavy (non-hydrogen) atoms. The summed E-state index contributed by atoms with van der Waals surface area (Å²) in [6, 6.07) is 7.69. The van der Waals surface area contributed by atoms with Gasteiger partial charge < -0.3 is 15.0 Å². The van der Waals surface area contributed by atoms with Gasteiger partial charge in [-0.3, -0.25) is 4.79 Å². The maximum atomic E-state index is 11.9. The molecule has 0 atom stereocenters. The molecule has 0 aliphatic carbocycles. The zero-order valence-electron chi connectivity index (χ0n) is 12.4. The van der Waals surface area contributed by atoms with Crippen LogP contribution in [0.15, 0.2) is 40.3 Å². The average molecular weight is 394 g/mol. The van der Waals surface area contributed by atoms with Crippen LogP contribution in [0.1, 0.15) is 4.88 Å². The van der Waals surface area contributed by atoms with Gasteiger partial charge in [0.15, 0.2) is 0 Å². The number of morpholine rings is 1. The highest BCUT2D eigenvalue weighted by Gasteiger charge is 2.12. The van der Waals surface area contributed by atoms with Crippen molar-refractivity contribution in [2.45, 2.75) is 0 Å². The van der Waals surface area contributed by atoms with Crippen LogP contribution in [0.2, 0.25) is 0 Å². The molecule has 2 aromatic rings. The maximum Gasteiger partial charge on any atom is 0.248 e. The van der Waals surface area contributed by atoms with E-state index in [1.165, 1.54) is 6.08 Å². The summed E-state index contributed by atoms with van der Waals surface area (Å²) in [6.45, 7) is 3.14. The summed E-state index contributed by atoms with van der Waals surface area (Å²) < 4.78 is 6.37. The van der Waals surface area contributed by atoms with Gasteiger partial charge in [0.05, 0.1) is 28.9 Å². The van der Waals surface area contributed by atoms with Crippen LogP contribution in [0.5, 0.6) is 0 Å². The topological polar surface area (TPSA) is 54.5 Å². The second kappa shape index (κ2) is 7.72. The van der Waals surface area contributed by atoms with Crippen LogP contribution in [0.3, 0.4) is 0 Å². The lowest BCUT2D eigenvalue weighted by atomic mass is 10.3. The zero-order chi connectivity index (χ0) is 16.1. The molecule has 0 radical (unpaired) electrons. The molecule has 2 aromatic heterocycles. The molecule has 1 saturated heterocycles. The monoisotopic (exact) mass is 393 g/mol. The SMILES string of the molecule is O=C(/C=C/c1ccc(Br)s1)Nc1ccc(N2CCOCC2)nc1. The number of aromatic nitrogens is 1. The fourth-order valence-electron chi connectivity index (χ4n) is 2.20. The molecule has 5 nitrogen and oxygen atoms in total. The molecule has 3 heterocycles. The molecular weight excluding hydrogens is 378 g/mol. The Labute approximate surface area is 147 Å². The van der Waals surface area contributed by atoms with Gasteiger partial charge in [0.25, 0.3) is 0 Å². The van der Waals surface area contributed by atoms with Crippen molar-refractivity contribution in [1.29, 1.82) is 0 Å². The number of carbonyl (C=O) groups is 1. The Morgan fingerprint density at radius 2 is 2.13 bits per heavy atom. The van der Waals surface area contributed by atoms with Gasteiger partial charge in [0.2, 0.25) is 5.91 Å². The largest absolute Gasteiger partial charge is 0.378 e. The lowest BCUT2D eigenvalue weighted by Crippen LogP contribution is -2.36. The zero-order valence-corrected chi connectivity index (χ0v) is 14.8. The molecule has 0 unspecified atom stereocenters. The Morgan fingerprint density at radius 3 is 2.78 bits per heavy atom. The summed E-state index contributed by atoms with van der Waals surface area (Å²) in [5.74, 6) is 0.737. The van der Waals surface area contributed by atoms with Gasteiger partial charge in [-0.1, -0.05) is 0 Å². The predicted molar refractivity (Wildman–Crippen MR) is 97.0 cm³/mol. The molecular formula is C16H16BrN3O2S. The Morgan fingerprint density at radius 1 is 1.30 bits per heavy atom. The molecule has 1 amide bonds. The Hall–Kier alpha value is -1.70. The van der Waals surface area contributed by atoms with Crippen molar-refractivity contribution in [3.63, 3.8) is 0 Å². The van der Waals surface area contributed by atoms with E-state index in [0.717, 1.165) is 40.8 Å². The van der Waals surface area contributed by atoms with Gasteiger partial charge in [-0.2, -0.15) is 0 Å². The molecule has 0 bridgehead atoms. The molecule has 1 aliphatic rings. The summed E-state index contributed by atoms with van der Waals surface area (Å²) in [7, 11) is 0. The summed E-state index contributed by atoms with van der Waals surface area (Å²) >= 11 is 4.97. The Kier molecular flexibility index (Phi) is 5.43. The van der Waals surface area contributed by atoms with Gasteiger partial charge >= 0.3 is 0 Å². The lowest BCUT2D eigenvalue weighted by molar-refractivity contribution is -0.111. The maximum absolute atomic E-state index is 11.9. The van der Waals surface area contributed by atoms with Crippen LogP contribution < -0.4 is 10.2 Å². The van der Waals surface area contributed by atoms with Gasteiger partial charge in [-0.05, 0) is 46.3 Å². The summed E-state index contributed by atoms with van der Waals surface area (Å²) in [4.78, 5) is 19.5. The van der Waals surface area contributed by atoms with Crippen LogP contribution in [0.25, 0.3) is 6.08 Å².